The van der Waals surface area contributed by atoms with E-state index in [1.165, 1.54) is 31.5 Å². The van der Waals surface area contributed by atoms with Crippen LogP contribution >= 0.6 is 23.2 Å². The zero-order valence-electron chi connectivity index (χ0n) is 10.5. The lowest BCUT2D eigenvalue weighted by Gasteiger charge is -2.14. The smallest absolute Gasteiger partial charge is 0.0710 e. The van der Waals surface area contributed by atoms with Gasteiger partial charge in [-0.15, -0.1) is 0 Å². The molecule has 5 heteroatoms. The predicted octanol–water partition coefficient (Wildman–Crippen LogP) is 3.98. The Morgan fingerprint density at radius 3 is 2.74 bits per heavy atom. The molecule has 0 atom stereocenters. The molecule has 0 radical (unpaired) electrons. The van der Waals surface area contributed by atoms with Gasteiger partial charge in [0.15, 0.2) is 0 Å². The van der Waals surface area contributed by atoms with Crippen LogP contribution in [0.4, 0.5) is 0 Å². The second-order valence-electron chi connectivity index (χ2n) is 4.88. The van der Waals surface area contributed by atoms with E-state index in [9.17, 15) is 0 Å². The van der Waals surface area contributed by atoms with Gasteiger partial charge in [-0.2, -0.15) is 5.10 Å². The van der Waals surface area contributed by atoms with E-state index < -0.39 is 0 Å². The summed E-state index contributed by atoms with van der Waals surface area (Å²) in [6.45, 7) is 3.25. The first kappa shape index (κ1) is 13.0. The van der Waals surface area contributed by atoms with E-state index in [0.29, 0.717) is 10.0 Å². The molecule has 100 valence electrons. The van der Waals surface area contributed by atoms with Gasteiger partial charge in [-0.3, -0.25) is 10.00 Å². The Balaban J connectivity index is 1.90. The maximum absolute atomic E-state index is 6.26. The van der Waals surface area contributed by atoms with Crippen LogP contribution < -0.4 is 0 Å². The minimum absolute atomic E-state index is 0.648. The monoisotopic (exact) mass is 295 g/mol. The summed E-state index contributed by atoms with van der Waals surface area (Å²) in [4.78, 5) is 2.44. The molecule has 19 heavy (non-hydrogen) atoms. The Hall–Kier alpha value is -1.03. The maximum atomic E-state index is 6.26. The lowest BCUT2D eigenvalue weighted by atomic mass is 10.1. The molecule has 3 nitrogen and oxygen atoms in total. The fourth-order valence-electron chi connectivity index (χ4n) is 2.54. The molecule has 1 aliphatic heterocycles. The molecule has 0 spiro atoms. The summed E-state index contributed by atoms with van der Waals surface area (Å²) in [6, 6.07) is 5.55. The number of hydrogen-bond donors (Lipinski definition) is 1. The zero-order chi connectivity index (χ0) is 13.2. The van der Waals surface area contributed by atoms with Crippen LogP contribution in [0.25, 0.3) is 11.3 Å². The van der Waals surface area contributed by atoms with E-state index in [1.807, 2.05) is 18.3 Å². The molecule has 1 aromatic carbocycles. The number of nitrogens with zero attached hydrogens (tertiary/aromatic N) is 2. The Kier molecular flexibility index (Phi) is 3.78. The number of likely N-dealkylation sites (tertiary alicyclic amines) is 1. The maximum Gasteiger partial charge on any atom is 0.0710 e. The number of nitrogens with one attached hydrogen (secondary N) is 1. The quantitative estimate of drug-likeness (QED) is 0.929. The van der Waals surface area contributed by atoms with Crippen LogP contribution in [0.1, 0.15) is 18.4 Å². The van der Waals surface area contributed by atoms with Gasteiger partial charge in [0.2, 0.25) is 0 Å². The summed E-state index contributed by atoms with van der Waals surface area (Å²) < 4.78 is 0. The minimum Gasteiger partial charge on any atom is -0.299 e. The summed E-state index contributed by atoms with van der Waals surface area (Å²) >= 11 is 12.2. The molecule has 3 rings (SSSR count). The highest BCUT2D eigenvalue weighted by atomic mass is 35.5. The fraction of sp³-hybridized carbons (Fsp3) is 0.357. The Labute approximate surface area is 122 Å². The second-order valence-corrected chi connectivity index (χ2v) is 5.72. The van der Waals surface area contributed by atoms with E-state index >= 15 is 0 Å². The molecular weight excluding hydrogens is 281 g/mol. The van der Waals surface area contributed by atoms with Gasteiger partial charge >= 0.3 is 0 Å². The molecule has 0 amide bonds. The topological polar surface area (TPSA) is 31.9 Å². The lowest BCUT2D eigenvalue weighted by Crippen LogP contribution is -2.18. The number of benzene rings is 1. The summed E-state index contributed by atoms with van der Waals surface area (Å²) in [5.74, 6) is 0. The van der Waals surface area contributed by atoms with Crippen LogP contribution in [-0.2, 0) is 6.54 Å². The van der Waals surface area contributed by atoms with E-state index in [2.05, 4.69) is 15.1 Å². The van der Waals surface area contributed by atoms with Crippen molar-refractivity contribution >= 4 is 23.2 Å². The Morgan fingerprint density at radius 2 is 2.00 bits per heavy atom. The van der Waals surface area contributed by atoms with E-state index in [1.54, 1.807) is 6.07 Å². The average molecular weight is 296 g/mol. The van der Waals surface area contributed by atoms with Crippen molar-refractivity contribution in [3.05, 3.63) is 40.0 Å². The number of rotatable bonds is 3. The first-order chi connectivity index (χ1) is 9.24. The van der Waals surface area contributed by atoms with Crippen molar-refractivity contribution in [3.63, 3.8) is 0 Å². The number of aromatic nitrogens is 2. The molecule has 0 bridgehead atoms. The zero-order valence-corrected chi connectivity index (χ0v) is 12.0. The summed E-state index contributed by atoms with van der Waals surface area (Å²) in [5, 5.41) is 8.51. The molecule has 1 N–H and O–H groups in total. The number of halogens is 2. The molecule has 1 saturated heterocycles. The number of H-pyrrole nitrogens is 1. The van der Waals surface area contributed by atoms with Crippen molar-refractivity contribution in [2.45, 2.75) is 19.4 Å². The summed E-state index contributed by atoms with van der Waals surface area (Å²) in [7, 11) is 0. The first-order valence-corrected chi connectivity index (χ1v) is 7.19. The van der Waals surface area contributed by atoms with Gasteiger partial charge in [-0.05, 0) is 44.1 Å². The molecular formula is C14H15Cl2N3. The van der Waals surface area contributed by atoms with Crippen molar-refractivity contribution in [1.82, 2.24) is 15.1 Å². The molecule has 0 aliphatic carbocycles. The Morgan fingerprint density at radius 1 is 1.21 bits per heavy atom. The van der Waals surface area contributed by atoms with Crippen LogP contribution in [-0.4, -0.2) is 28.2 Å². The van der Waals surface area contributed by atoms with E-state index in [0.717, 1.165) is 17.8 Å². The van der Waals surface area contributed by atoms with Crippen LogP contribution in [0.5, 0.6) is 0 Å². The minimum atomic E-state index is 0.648. The summed E-state index contributed by atoms with van der Waals surface area (Å²) in [5.41, 5.74) is 3.14. The second kappa shape index (κ2) is 5.53. The van der Waals surface area contributed by atoms with Crippen molar-refractivity contribution in [2.24, 2.45) is 0 Å². The molecule has 1 aromatic heterocycles. The van der Waals surface area contributed by atoms with Gasteiger partial charge in [-0.1, -0.05) is 23.2 Å². The molecule has 0 unspecified atom stereocenters. The van der Waals surface area contributed by atoms with Crippen molar-refractivity contribution < 1.29 is 0 Å². The Bertz CT molecular complexity index is 574. The van der Waals surface area contributed by atoms with Crippen LogP contribution in [0.15, 0.2) is 24.4 Å². The van der Waals surface area contributed by atoms with Crippen LogP contribution in [0, 0.1) is 0 Å². The van der Waals surface area contributed by atoms with Crippen LogP contribution in [0.3, 0.4) is 0 Å². The average Bonchev–Trinajstić information content (AvgIpc) is 3.02. The van der Waals surface area contributed by atoms with E-state index in [-0.39, 0.29) is 0 Å². The van der Waals surface area contributed by atoms with Gasteiger partial charge < -0.3 is 0 Å². The molecule has 0 saturated carbocycles. The van der Waals surface area contributed by atoms with E-state index in [4.69, 9.17) is 23.2 Å². The van der Waals surface area contributed by atoms with Crippen molar-refractivity contribution in [1.29, 1.82) is 0 Å². The summed E-state index contributed by atoms with van der Waals surface area (Å²) in [6.07, 6.45) is 4.46. The highest BCUT2D eigenvalue weighted by Crippen LogP contribution is 2.31. The molecule has 1 aliphatic rings. The fourth-order valence-corrected chi connectivity index (χ4v) is 3.04. The number of aromatic amines is 1. The number of hydrogen-bond acceptors (Lipinski definition) is 2. The SMILES string of the molecule is Clc1ccc(-c2[nH]ncc2CN2CCCC2)c(Cl)c1. The van der Waals surface area contributed by atoms with Gasteiger partial charge in [0.1, 0.15) is 0 Å². The van der Waals surface area contributed by atoms with Crippen molar-refractivity contribution in [2.75, 3.05) is 13.1 Å². The third kappa shape index (κ3) is 2.78. The van der Waals surface area contributed by atoms with Gasteiger partial charge in [0.05, 0.1) is 16.9 Å². The third-order valence-electron chi connectivity index (χ3n) is 3.51. The molecule has 2 heterocycles. The largest absolute Gasteiger partial charge is 0.299 e. The van der Waals surface area contributed by atoms with Gasteiger partial charge in [0, 0.05) is 22.7 Å². The highest BCUT2D eigenvalue weighted by Gasteiger charge is 2.17. The predicted molar refractivity (Wildman–Crippen MR) is 78.6 cm³/mol. The van der Waals surface area contributed by atoms with Gasteiger partial charge in [-0.25, -0.2) is 0 Å². The highest BCUT2D eigenvalue weighted by molar-refractivity contribution is 6.36. The third-order valence-corrected chi connectivity index (χ3v) is 4.06. The lowest BCUT2D eigenvalue weighted by molar-refractivity contribution is 0.332. The normalized spacial score (nSPS) is 16.1. The first-order valence-electron chi connectivity index (χ1n) is 6.44. The molecule has 2 aromatic rings. The van der Waals surface area contributed by atoms with Crippen molar-refractivity contribution in [3.8, 4) is 11.3 Å². The molecule has 1 fully saturated rings. The standard InChI is InChI=1S/C14H15Cl2N3/c15-11-3-4-12(13(16)7-11)14-10(8-17-18-14)9-19-5-1-2-6-19/h3-4,7-8H,1-2,5-6,9H2,(H,17,18). The van der Waals surface area contributed by atoms with Crippen LogP contribution in [0.2, 0.25) is 10.0 Å². The van der Waals surface area contributed by atoms with Gasteiger partial charge in [0.25, 0.3) is 0 Å².